The number of aromatic nitrogens is 1. The summed E-state index contributed by atoms with van der Waals surface area (Å²) < 4.78 is 77.0. The lowest BCUT2D eigenvalue weighted by Crippen LogP contribution is -2.62. The molecule has 17 N–H and O–H groups in total. The van der Waals surface area contributed by atoms with E-state index < -0.39 is 190 Å². The molecule has 1 aliphatic carbocycles. The van der Waals surface area contributed by atoms with Gasteiger partial charge in [-0.25, -0.2) is 4.79 Å². The molecule has 1 unspecified atom stereocenters. The lowest BCUT2D eigenvalue weighted by atomic mass is 9.89. The fourth-order valence-electron chi connectivity index (χ4n) is 11.0. The second-order valence-corrected chi connectivity index (χ2v) is 26.1. The van der Waals surface area contributed by atoms with Crippen molar-refractivity contribution in [1.29, 1.82) is 5.41 Å². The van der Waals surface area contributed by atoms with Gasteiger partial charge in [0.15, 0.2) is 21.1 Å². The van der Waals surface area contributed by atoms with E-state index in [4.69, 9.17) is 15.6 Å². The molecule has 4 aliphatic heterocycles. The first-order valence-corrected chi connectivity index (χ1v) is 31.4. The van der Waals surface area contributed by atoms with Gasteiger partial charge in [-0.3, -0.25) is 52.9 Å². The maximum absolute atomic E-state index is 15.0. The van der Waals surface area contributed by atoms with Crippen LogP contribution in [0.1, 0.15) is 66.8 Å². The third-order valence-electron chi connectivity index (χ3n) is 15.5. The highest BCUT2D eigenvalue weighted by Gasteiger charge is 2.45. The van der Waals surface area contributed by atoms with Crippen molar-refractivity contribution >= 4 is 113 Å². The van der Waals surface area contributed by atoms with Gasteiger partial charge in [-0.1, -0.05) is 24.3 Å². The van der Waals surface area contributed by atoms with E-state index in [1.807, 2.05) is 0 Å². The number of aliphatic hydroxyl groups excluding tert-OH is 2. The number of H-pyrrole nitrogens is 1. The number of carbonyl (C=O) groups is 9. The largest absolute Gasteiger partial charge is 0.478 e. The van der Waals surface area contributed by atoms with Crippen LogP contribution in [0.15, 0.2) is 86.0 Å². The molecule has 0 spiro atoms. The van der Waals surface area contributed by atoms with Crippen molar-refractivity contribution in [2.24, 2.45) is 0 Å². The topological polar surface area (TPSA) is 510 Å². The molecule has 1 aromatic heterocycles. The van der Waals surface area contributed by atoms with Crippen LogP contribution in [0.5, 0.6) is 0 Å². The van der Waals surface area contributed by atoms with Gasteiger partial charge in [0.1, 0.15) is 42.3 Å². The summed E-state index contributed by atoms with van der Waals surface area (Å²) in [5.74, 6) is -11.0. The van der Waals surface area contributed by atoms with Gasteiger partial charge in [-0.15, -0.1) is 11.8 Å². The molecule has 10 atom stereocenters. The second kappa shape index (κ2) is 25.1. The molecular weight excluding hydrogens is 1240 g/mol. The van der Waals surface area contributed by atoms with Crippen molar-refractivity contribution in [3.8, 4) is 22.5 Å². The van der Waals surface area contributed by atoms with Crippen LogP contribution in [0.4, 0.5) is 5.69 Å². The van der Waals surface area contributed by atoms with Crippen molar-refractivity contribution in [3.05, 3.63) is 88.8 Å². The number of aliphatic hydroxyl groups is 3. The van der Waals surface area contributed by atoms with Gasteiger partial charge in [-0.05, 0) is 81.3 Å². The number of aromatic carboxylic acids is 1. The SMILES string of the molecule is CC1NC(=O)[C@H](C[C@@](C)(O)CNC(=O)c2ccc(-c3c4ccc(=N)c(S(=O)(=O)O)c-4oc4c(S(=O)(=O)O)c(N)ccc34)c(C(=O)O)c2)NC(=O)[C@@H]2Cc3c([nH]c4ccccc34)SC[C@@H](NC(=O)[C@@H]([C@H](C)O)NC1=O)C(=O)N1C[C@H](O)C[C@H]1C(=O)N[C@@H](C)C(=O)N2. The van der Waals surface area contributed by atoms with Crippen molar-refractivity contribution < 1.29 is 93.9 Å². The summed E-state index contributed by atoms with van der Waals surface area (Å²) in [5, 5.41) is 69.9. The molecule has 5 aliphatic rings. The number of benzene rings is 4. The molecule has 2 bridgehead atoms. The Hall–Kier alpha value is -9.03. The number of nitrogen functional groups attached to an aromatic ring is 1. The van der Waals surface area contributed by atoms with Gasteiger partial charge in [0.25, 0.3) is 26.1 Å². The van der Waals surface area contributed by atoms with Crippen LogP contribution in [0, 0.1) is 5.41 Å². The average Bonchev–Trinajstić information content (AvgIpc) is 0.927. The van der Waals surface area contributed by atoms with E-state index in [0.717, 1.165) is 73.0 Å². The van der Waals surface area contributed by atoms with E-state index in [9.17, 15) is 89.5 Å². The van der Waals surface area contributed by atoms with E-state index >= 15 is 0 Å². The predicted octanol–water partition coefficient (Wildman–Crippen LogP) is -1.54. The summed E-state index contributed by atoms with van der Waals surface area (Å²) in [6.45, 7) is 3.61. The molecule has 9 rings (SSSR count). The molecule has 5 heterocycles. The number of thioether (sulfide) groups is 1. The van der Waals surface area contributed by atoms with Gasteiger partial charge in [0, 0.05) is 71.1 Å². The Kier molecular flexibility index (Phi) is 18.2. The number of nitrogens with zero attached hydrogens (tertiary/aromatic N) is 1. The lowest BCUT2D eigenvalue weighted by molar-refractivity contribution is -0.142. The quantitative estimate of drug-likeness (QED) is 0.0420. The molecule has 1 fully saturated rings. The summed E-state index contributed by atoms with van der Waals surface area (Å²) in [5.41, 5.74) is 1.08. The molecule has 478 valence electrons. The molecule has 8 amide bonds. The minimum Gasteiger partial charge on any atom is -0.478 e. The van der Waals surface area contributed by atoms with Crippen molar-refractivity contribution in [1.82, 2.24) is 47.1 Å². The van der Waals surface area contributed by atoms with Crippen LogP contribution in [-0.2, 0) is 60.2 Å². The maximum atomic E-state index is 15.0. The van der Waals surface area contributed by atoms with Gasteiger partial charge in [0.05, 0.1) is 39.4 Å². The fraction of sp³-hybridized carbons (Fsp3) is 0.357. The van der Waals surface area contributed by atoms with E-state index in [1.165, 1.54) is 13.8 Å². The summed E-state index contributed by atoms with van der Waals surface area (Å²) in [6.07, 6.45) is -4.31. The fourth-order valence-corrected chi connectivity index (χ4v) is 13.6. The minimum absolute atomic E-state index is 0.275. The highest BCUT2D eigenvalue weighted by Crippen LogP contribution is 2.46. The van der Waals surface area contributed by atoms with Crippen LogP contribution in [-0.4, -0.2) is 188 Å². The Labute approximate surface area is 514 Å². The van der Waals surface area contributed by atoms with Crippen LogP contribution < -0.4 is 48.3 Å². The molecule has 3 aromatic carbocycles. The molecule has 4 aromatic rings. The smallest absolute Gasteiger partial charge is 0.336 e. The van der Waals surface area contributed by atoms with Gasteiger partial charge >= 0.3 is 5.97 Å². The Balaban J connectivity index is 1.07. The number of nitrogens with one attached hydrogen (secondary N) is 9. The number of rotatable bonds is 10. The van der Waals surface area contributed by atoms with E-state index in [1.54, 1.807) is 24.3 Å². The third-order valence-corrected chi connectivity index (χ3v) is 18.5. The number of nitrogens with two attached hydrogens (primary N) is 1. The Bertz CT molecular complexity index is 4270. The van der Waals surface area contributed by atoms with Crippen LogP contribution in [0.3, 0.4) is 0 Å². The first kappa shape index (κ1) is 65.4. The summed E-state index contributed by atoms with van der Waals surface area (Å²) in [4.78, 5) is 130. The number of hydrogen-bond donors (Lipinski definition) is 16. The maximum Gasteiger partial charge on any atom is 0.336 e. The number of carboxylic acids is 1. The van der Waals surface area contributed by atoms with Gasteiger partial charge in [0.2, 0.25) is 41.4 Å². The zero-order valence-electron chi connectivity index (χ0n) is 47.9. The molecule has 90 heavy (non-hydrogen) atoms. The average molecular weight is 1300 g/mol. The summed E-state index contributed by atoms with van der Waals surface area (Å²) in [6, 6.07) is 2.75. The van der Waals surface area contributed by atoms with E-state index in [2.05, 4.69) is 42.2 Å². The van der Waals surface area contributed by atoms with E-state index in [-0.39, 0.29) is 47.2 Å². The standard InChI is InChI=1S/C56H61N11O20S3/c1-22-46(70)62-36-17-31-27-7-5-6-8-35(27)65-53(31)88-20-38(54(77)67-19-26(69)16-39(67)51(75)61-22)64-52(76)41(24(3)68)66-47(71)23(2)60-50(74)37(63-49(36)73)18-56(4,80)21-59-48(72)25-9-10-28(32(15-25)55(78)79)40-29-11-13-33(57)44(89(81,82)83)42(29)87-43-30(40)12-14-34(58)45(43)90(84,85)86/h5-15,22-24,26,36-39,41,57,65,68-69,80H,16-21,58H2,1-4H3,(H,59,72)(H,60,74)(H,61,75)(H,62,70)(H,63,73)(H,64,76)(H,66,71)(H,78,79)(H,81,82,83)(H,84,85,86)/t22-,23?,24-,26+,36-,37-,38+,39-,41+,56+/m0/s1. The zero-order chi connectivity index (χ0) is 65.8. The van der Waals surface area contributed by atoms with Crippen LogP contribution in [0.2, 0.25) is 0 Å². The summed E-state index contributed by atoms with van der Waals surface area (Å²) in [7, 11) is -10.7. The van der Waals surface area contributed by atoms with Crippen molar-refractivity contribution in [2.45, 2.75) is 122 Å². The minimum atomic E-state index is -5.36. The number of para-hydroxylation sites is 1. The molecule has 34 heteroatoms. The van der Waals surface area contributed by atoms with E-state index in [0.29, 0.717) is 21.5 Å². The third kappa shape index (κ3) is 13.4. The van der Waals surface area contributed by atoms with Gasteiger partial charge in [-0.2, -0.15) is 16.8 Å². The molecule has 0 radical (unpaired) electrons. The molecule has 1 saturated heterocycles. The highest BCUT2D eigenvalue weighted by atomic mass is 32.2. The Morgan fingerprint density at radius 1 is 0.811 bits per heavy atom. The predicted molar refractivity (Wildman–Crippen MR) is 316 cm³/mol. The Morgan fingerprint density at radius 3 is 2.12 bits per heavy atom. The Morgan fingerprint density at radius 2 is 1.46 bits per heavy atom. The van der Waals surface area contributed by atoms with Crippen LogP contribution in [0.25, 0.3) is 44.3 Å². The first-order valence-electron chi connectivity index (χ1n) is 27.5. The second-order valence-electron chi connectivity index (χ2n) is 22.3. The zero-order valence-corrected chi connectivity index (χ0v) is 50.4. The van der Waals surface area contributed by atoms with Gasteiger partial charge < -0.3 is 77.7 Å². The number of fused-ring (bicyclic) bond motifs is 7. The number of aromatic amines is 1. The number of amides is 8. The highest BCUT2D eigenvalue weighted by molar-refractivity contribution is 7.99. The van der Waals surface area contributed by atoms with Crippen LogP contribution >= 0.6 is 11.8 Å². The summed E-state index contributed by atoms with van der Waals surface area (Å²) >= 11 is 0.992. The normalized spacial score (nSPS) is 23.7. The lowest BCUT2D eigenvalue weighted by Gasteiger charge is -2.31. The van der Waals surface area contributed by atoms with Crippen molar-refractivity contribution in [3.63, 3.8) is 0 Å². The molecule has 0 saturated carbocycles. The first-order chi connectivity index (χ1) is 42.1. The molecule has 31 nitrogen and oxygen atoms in total. The monoisotopic (exact) mass is 1300 g/mol. The number of anilines is 1. The van der Waals surface area contributed by atoms with Crippen molar-refractivity contribution in [2.75, 3.05) is 24.6 Å². The molecular formula is C56H61N11O20S3. The number of hydrogen-bond acceptors (Lipinski definition) is 20. The number of carboxylic acid groups (broad SMARTS) is 1. The number of carbonyl (C=O) groups excluding carboxylic acids is 8.